The third-order valence-electron chi connectivity index (χ3n) is 4.05. The van der Waals surface area contributed by atoms with Crippen LogP contribution in [0.3, 0.4) is 0 Å². The summed E-state index contributed by atoms with van der Waals surface area (Å²) >= 11 is 0. The van der Waals surface area contributed by atoms with Gasteiger partial charge in [0.15, 0.2) is 0 Å². The van der Waals surface area contributed by atoms with Gasteiger partial charge in [-0.1, -0.05) is 27.7 Å². The molecule has 0 saturated carbocycles. The lowest BCUT2D eigenvalue weighted by Gasteiger charge is -2.20. The molecule has 1 unspecified atom stereocenters. The van der Waals surface area contributed by atoms with E-state index >= 15 is 0 Å². The van der Waals surface area contributed by atoms with Crippen molar-refractivity contribution < 1.29 is 31.3 Å². The first-order valence-corrected chi connectivity index (χ1v) is 16.5. The van der Waals surface area contributed by atoms with E-state index < -0.39 is 26.2 Å². The third-order valence-corrected chi connectivity index (χ3v) is 10.2. The van der Waals surface area contributed by atoms with Crippen LogP contribution in [0.4, 0.5) is 0 Å². The monoisotopic (exact) mass is 472 g/mol. The predicted octanol–water partition coefficient (Wildman–Crippen LogP) is 4.77. The Kier molecular flexibility index (Phi) is 20.6. The lowest BCUT2D eigenvalue weighted by molar-refractivity contribution is 0.189. The molecule has 1 atom stereocenters. The number of hydrogen-bond donors (Lipinski definition) is 0. The summed E-state index contributed by atoms with van der Waals surface area (Å²) in [6.45, 7) is 11.7. The highest BCUT2D eigenvalue weighted by molar-refractivity contribution is 7.53. The first-order chi connectivity index (χ1) is 14.0. The van der Waals surface area contributed by atoms with Crippen molar-refractivity contribution >= 4 is 26.2 Å². The highest BCUT2D eigenvalue weighted by Gasteiger charge is 2.24. The molecule has 0 spiro atoms. The van der Waals surface area contributed by atoms with E-state index in [0.717, 1.165) is 77.0 Å². The summed E-state index contributed by atoms with van der Waals surface area (Å²) in [6, 6.07) is 1.68. The molecule has 29 heavy (non-hydrogen) atoms. The Bertz CT molecular complexity index is 389. The van der Waals surface area contributed by atoms with Crippen molar-refractivity contribution in [3.63, 3.8) is 0 Å². The highest BCUT2D eigenvalue weighted by atomic mass is 31.2. The van der Waals surface area contributed by atoms with Gasteiger partial charge in [-0.2, -0.15) is 0 Å². The molecular weight excluding hydrogens is 427 g/mol. The molecule has 0 aliphatic heterocycles. The summed E-state index contributed by atoms with van der Waals surface area (Å²) in [5.41, 5.74) is 0. The maximum atomic E-state index is 12.8. The van der Waals surface area contributed by atoms with Gasteiger partial charge in [-0.05, 0) is 50.6 Å². The van der Waals surface area contributed by atoms with E-state index in [1.807, 2.05) is 0 Å². The summed E-state index contributed by atoms with van der Waals surface area (Å²) in [5, 5.41) is 0. The Labute approximate surface area is 182 Å². The number of hydrogen-bond acceptors (Lipinski definition) is 7. The molecule has 0 aromatic rings. The van der Waals surface area contributed by atoms with Crippen molar-refractivity contribution in [3.05, 3.63) is 0 Å². The number of rotatable bonds is 22. The van der Waals surface area contributed by atoms with Crippen molar-refractivity contribution in [2.75, 3.05) is 46.3 Å². The molecule has 0 bridgehead atoms. The summed E-state index contributed by atoms with van der Waals surface area (Å²) < 4.78 is 47.1. The van der Waals surface area contributed by atoms with Gasteiger partial charge in [-0.3, -0.25) is 4.57 Å². The van der Waals surface area contributed by atoms with Crippen LogP contribution in [-0.2, 0) is 31.3 Å². The zero-order chi connectivity index (χ0) is 21.8. The minimum atomic E-state index is -3.07. The molecule has 0 radical (unpaired) electrons. The molecule has 0 amide bonds. The van der Waals surface area contributed by atoms with Gasteiger partial charge in [0.25, 0.3) is 0 Å². The zero-order valence-corrected chi connectivity index (χ0v) is 22.6. The molecular formula is C19H45O7PSi2. The molecule has 0 fully saturated rings. The first kappa shape index (κ1) is 29.4. The average molecular weight is 473 g/mol. The van der Waals surface area contributed by atoms with Crippen LogP contribution in [0.15, 0.2) is 0 Å². The SMILES string of the molecule is CCCO[SiH](CCCOP(=O)(CCC[SiH](OCCC)OCCC)OC)OCCC. The quantitative estimate of drug-likeness (QED) is 0.128. The van der Waals surface area contributed by atoms with Crippen molar-refractivity contribution in [1.82, 2.24) is 0 Å². The van der Waals surface area contributed by atoms with Gasteiger partial charge in [0.1, 0.15) is 0 Å². The maximum Gasteiger partial charge on any atom is 0.330 e. The van der Waals surface area contributed by atoms with E-state index in [4.69, 9.17) is 26.8 Å². The van der Waals surface area contributed by atoms with Crippen LogP contribution in [-0.4, -0.2) is 64.9 Å². The van der Waals surface area contributed by atoms with E-state index in [-0.39, 0.29) is 0 Å². The van der Waals surface area contributed by atoms with Crippen molar-refractivity contribution in [1.29, 1.82) is 0 Å². The van der Waals surface area contributed by atoms with Crippen LogP contribution in [0.2, 0.25) is 12.1 Å². The Morgan fingerprint density at radius 1 is 0.655 bits per heavy atom. The van der Waals surface area contributed by atoms with Gasteiger partial charge in [0.05, 0.1) is 12.8 Å². The van der Waals surface area contributed by atoms with Crippen molar-refractivity contribution in [3.8, 4) is 0 Å². The lowest BCUT2D eigenvalue weighted by Crippen LogP contribution is -2.24. The smallest absolute Gasteiger partial charge is 0.330 e. The van der Waals surface area contributed by atoms with Crippen molar-refractivity contribution in [2.45, 2.75) is 78.3 Å². The molecule has 0 aromatic carbocycles. The van der Waals surface area contributed by atoms with Crippen LogP contribution in [0.25, 0.3) is 0 Å². The van der Waals surface area contributed by atoms with Crippen molar-refractivity contribution in [2.24, 2.45) is 0 Å². The van der Waals surface area contributed by atoms with Crippen LogP contribution >= 0.6 is 7.60 Å². The predicted molar refractivity (Wildman–Crippen MR) is 124 cm³/mol. The Morgan fingerprint density at radius 2 is 1.07 bits per heavy atom. The van der Waals surface area contributed by atoms with Crippen LogP contribution in [0.5, 0.6) is 0 Å². The first-order valence-electron chi connectivity index (χ1n) is 11.3. The van der Waals surface area contributed by atoms with E-state index in [2.05, 4.69) is 27.7 Å². The van der Waals surface area contributed by atoms with Gasteiger partial charge in [-0.25, -0.2) is 0 Å². The minimum absolute atomic E-state index is 0.400. The van der Waals surface area contributed by atoms with E-state index in [1.54, 1.807) is 0 Å². The van der Waals surface area contributed by atoms with Gasteiger partial charge in [0.2, 0.25) is 0 Å². The van der Waals surface area contributed by atoms with Crippen LogP contribution in [0.1, 0.15) is 66.2 Å². The van der Waals surface area contributed by atoms with E-state index in [9.17, 15) is 4.57 Å². The summed E-state index contributed by atoms with van der Waals surface area (Å²) in [5.74, 6) is 0. The molecule has 0 aromatic heterocycles. The Hall–Kier alpha value is 0.424. The molecule has 0 aliphatic carbocycles. The molecule has 0 saturated heterocycles. The molecule has 176 valence electrons. The summed E-state index contributed by atoms with van der Waals surface area (Å²) in [7, 11) is -4.96. The third kappa shape index (κ3) is 16.7. The molecule has 0 rings (SSSR count). The maximum absolute atomic E-state index is 12.8. The minimum Gasteiger partial charge on any atom is -0.397 e. The molecule has 7 nitrogen and oxygen atoms in total. The van der Waals surface area contributed by atoms with E-state index in [1.165, 1.54) is 7.11 Å². The summed E-state index contributed by atoms with van der Waals surface area (Å²) in [4.78, 5) is 0. The molecule has 0 aliphatic rings. The fraction of sp³-hybridized carbons (Fsp3) is 1.00. The summed E-state index contributed by atoms with van der Waals surface area (Å²) in [6.07, 6.45) is 5.84. The fourth-order valence-corrected chi connectivity index (χ4v) is 8.17. The topological polar surface area (TPSA) is 72.5 Å². The second kappa shape index (κ2) is 20.3. The standard InChI is InChI=1S/C19H45O7PSi2/c1-6-12-23-28(24-13-7-2)18-10-16-22-27(20,21-5)17-11-19-29(25-14-8-3)26-15-9-4/h28-29H,6-19H2,1-5H3. The molecule has 0 N–H and O–H groups in total. The van der Waals surface area contributed by atoms with Crippen LogP contribution < -0.4 is 0 Å². The van der Waals surface area contributed by atoms with Gasteiger partial charge in [-0.15, -0.1) is 0 Å². The molecule has 10 heteroatoms. The Morgan fingerprint density at radius 3 is 1.45 bits per heavy atom. The zero-order valence-electron chi connectivity index (χ0n) is 19.4. The molecule has 0 heterocycles. The normalized spacial score (nSPS) is 14.0. The van der Waals surface area contributed by atoms with Gasteiger partial charge in [0, 0.05) is 33.5 Å². The van der Waals surface area contributed by atoms with Gasteiger partial charge >= 0.3 is 26.2 Å². The highest BCUT2D eigenvalue weighted by Crippen LogP contribution is 2.48. The lowest BCUT2D eigenvalue weighted by atomic mass is 10.5. The Balaban J connectivity index is 4.25. The van der Waals surface area contributed by atoms with E-state index in [0.29, 0.717) is 12.8 Å². The average Bonchev–Trinajstić information content (AvgIpc) is 2.74. The second-order valence-electron chi connectivity index (χ2n) is 6.98. The fourth-order valence-electron chi connectivity index (χ4n) is 2.54. The van der Waals surface area contributed by atoms with Gasteiger partial charge < -0.3 is 26.8 Å². The second-order valence-corrected chi connectivity index (χ2v) is 13.5. The van der Waals surface area contributed by atoms with Crippen LogP contribution in [0, 0.1) is 0 Å². The largest absolute Gasteiger partial charge is 0.397 e.